The van der Waals surface area contributed by atoms with E-state index in [-0.39, 0.29) is 50.4 Å². The first-order valence-electron chi connectivity index (χ1n) is 10.0. The van der Waals surface area contributed by atoms with Crippen molar-refractivity contribution in [2.75, 3.05) is 24.8 Å². The number of halogens is 3. The number of amides is 2. The second-order valence-corrected chi connectivity index (χ2v) is 8.19. The number of hydrogen-bond acceptors (Lipinski definition) is 5. The molecule has 0 aliphatic carbocycles. The number of rotatable bonds is 3. The minimum Gasteiger partial charge on any atom is -0.502 e. The van der Waals surface area contributed by atoms with Gasteiger partial charge in [0.15, 0.2) is 11.4 Å². The summed E-state index contributed by atoms with van der Waals surface area (Å²) in [4.78, 5) is 39.4. The Morgan fingerprint density at radius 1 is 1.22 bits per heavy atom. The topological polar surface area (TPSA) is 94.9 Å². The van der Waals surface area contributed by atoms with Gasteiger partial charge in [-0.1, -0.05) is 6.07 Å². The molecule has 2 amide bonds. The van der Waals surface area contributed by atoms with Crippen LogP contribution in [-0.4, -0.2) is 51.9 Å². The summed E-state index contributed by atoms with van der Waals surface area (Å²) >= 11 is 0. The first-order valence-corrected chi connectivity index (χ1v) is 10.0. The fraction of sp³-hybridized carbons (Fsp3) is 0.381. The average Bonchev–Trinajstić information content (AvgIpc) is 2.72. The Kier molecular flexibility index (Phi) is 5.35. The fourth-order valence-electron chi connectivity index (χ4n) is 3.79. The molecule has 8 nitrogen and oxygen atoms in total. The van der Waals surface area contributed by atoms with Gasteiger partial charge in [-0.2, -0.15) is 0 Å². The van der Waals surface area contributed by atoms with Crippen molar-refractivity contribution in [2.24, 2.45) is 0 Å². The largest absolute Gasteiger partial charge is 0.502 e. The number of nitrogens with one attached hydrogen (secondary N) is 1. The van der Waals surface area contributed by atoms with Gasteiger partial charge in [-0.3, -0.25) is 24.1 Å². The standard InChI is InChI=1S/C21H21F3N4O4/c1-21(24)4-6-26-11-27(7-5-21)28-10-14(17(29)18(30)16(28)20(26)32)19(31)25-9-12-2-3-13(22)8-15(12)23/h2-3,8,10,30H,4-7,9,11H2,1H3,(H,25,31). The first-order chi connectivity index (χ1) is 15.1. The molecule has 2 bridgehead atoms. The maximum atomic E-state index is 14.6. The lowest BCUT2D eigenvalue weighted by atomic mass is 9.98. The van der Waals surface area contributed by atoms with Crippen LogP contribution in [0.15, 0.2) is 29.2 Å². The highest BCUT2D eigenvalue weighted by atomic mass is 19.1. The molecular weight excluding hydrogens is 429 g/mol. The van der Waals surface area contributed by atoms with Crippen LogP contribution in [0.25, 0.3) is 0 Å². The summed E-state index contributed by atoms with van der Waals surface area (Å²) in [6, 6.07) is 2.85. The van der Waals surface area contributed by atoms with Crippen LogP contribution in [0, 0.1) is 11.6 Å². The number of aromatic hydroxyl groups is 1. The van der Waals surface area contributed by atoms with E-state index in [9.17, 15) is 32.7 Å². The summed E-state index contributed by atoms with van der Waals surface area (Å²) in [5.41, 5.74) is -3.34. The lowest BCUT2D eigenvalue weighted by Crippen LogP contribution is -2.57. The number of alkyl halides is 1. The Hall–Kier alpha value is -3.50. The molecule has 0 saturated carbocycles. The Labute approximate surface area is 180 Å². The SMILES string of the molecule is CC1(F)CCN2CN(CC1)n1cc(C(=O)NCc3ccc(F)cc3F)c(=O)c(O)c1C2=O. The van der Waals surface area contributed by atoms with Crippen LogP contribution in [0.1, 0.15) is 46.2 Å². The van der Waals surface area contributed by atoms with E-state index < -0.39 is 45.9 Å². The van der Waals surface area contributed by atoms with Crippen LogP contribution in [0.2, 0.25) is 0 Å². The van der Waals surface area contributed by atoms with Gasteiger partial charge in [0.2, 0.25) is 5.43 Å². The summed E-state index contributed by atoms with van der Waals surface area (Å²) < 4.78 is 42.7. The molecule has 1 atom stereocenters. The molecule has 0 spiro atoms. The third kappa shape index (κ3) is 3.90. The van der Waals surface area contributed by atoms with Crippen LogP contribution in [0.5, 0.6) is 5.75 Å². The minimum atomic E-state index is -1.50. The molecule has 1 saturated heterocycles. The second kappa shape index (κ2) is 7.88. The number of carbonyl (C=O) groups is 2. The van der Waals surface area contributed by atoms with Gasteiger partial charge in [-0.25, -0.2) is 13.2 Å². The van der Waals surface area contributed by atoms with Gasteiger partial charge in [0.1, 0.15) is 29.5 Å². The van der Waals surface area contributed by atoms with Crippen molar-refractivity contribution in [3.05, 3.63) is 63.1 Å². The quantitative estimate of drug-likeness (QED) is 0.742. The van der Waals surface area contributed by atoms with Crippen LogP contribution < -0.4 is 15.8 Å². The zero-order chi connectivity index (χ0) is 23.2. The molecule has 1 aromatic heterocycles. The molecule has 4 rings (SSSR count). The highest BCUT2D eigenvalue weighted by Gasteiger charge is 2.38. The van der Waals surface area contributed by atoms with Crippen molar-refractivity contribution in [1.82, 2.24) is 14.9 Å². The van der Waals surface area contributed by atoms with E-state index in [2.05, 4.69) is 5.32 Å². The van der Waals surface area contributed by atoms with Gasteiger partial charge in [-0.15, -0.1) is 0 Å². The maximum Gasteiger partial charge on any atom is 0.277 e. The Balaban J connectivity index is 1.66. The van der Waals surface area contributed by atoms with Gasteiger partial charge < -0.3 is 15.3 Å². The van der Waals surface area contributed by atoms with Gasteiger partial charge in [-0.05, 0) is 19.4 Å². The molecule has 1 fully saturated rings. The van der Waals surface area contributed by atoms with E-state index >= 15 is 0 Å². The summed E-state index contributed by atoms with van der Waals surface area (Å²) in [5.74, 6) is -4.09. The smallest absolute Gasteiger partial charge is 0.277 e. The number of benzene rings is 1. The van der Waals surface area contributed by atoms with E-state index in [0.717, 1.165) is 18.3 Å². The summed E-state index contributed by atoms with van der Waals surface area (Å²) in [5, 5.41) is 14.4. The summed E-state index contributed by atoms with van der Waals surface area (Å²) in [6.07, 6.45) is 1.38. The maximum absolute atomic E-state index is 14.6. The number of pyridine rings is 1. The Morgan fingerprint density at radius 2 is 1.94 bits per heavy atom. The van der Waals surface area contributed by atoms with Crippen LogP contribution in [-0.2, 0) is 6.54 Å². The first kappa shape index (κ1) is 21.7. The van der Waals surface area contributed by atoms with Gasteiger partial charge >= 0.3 is 0 Å². The van der Waals surface area contributed by atoms with Crippen LogP contribution in [0.3, 0.4) is 0 Å². The molecule has 170 valence electrons. The van der Waals surface area contributed by atoms with Gasteiger partial charge in [0.25, 0.3) is 11.8 Å². The molecule has 2 aromatic rings. The van der Waals surface area contributed by atoms with Crippen LogP contribution >= 0.6 is 0 Å². The summed E-state index contributed by atoms with van der Waals surface area (Å²) in [7, 11) is 0. The lowest BCUT2D eigenvalue weighted by molar-refractivity contribution is 0.0571. The van der Waals surface area contributed by atoms with E-state index in [1.807, 2.05) is 0 Å². The predicted molar refractivity (Wildman–Crippen MR) is 108 cm³/mol. The lowest BCUT2D eigenvalue weighted by Gasteiger charge is -2.43. The van der Waals surface area contributed by atoms with Crippen molar-refractivity contribution in [1.29, 1.82) is 0 Å². The Morgan fingerprint density at radius 3 is 2.66 bits per heavy atom. The zero-order valence-corrected chi connectivity index (χ0v) is 17.2. The average molecular weight is 450 g/mol. The molecule has 1 unspecified atom stereocenters. The third-order valence-corrected chi connectivity index (χ3v) is 5.79. The van der Waals surface area contributed by atoms with Crippen molar-refractivity contribution in [3.8, 4) is 5.75 Å². The Bertz CT molecular complexity index is 1160. The fourth-order valence-corrected chi connectivity index (χ4v) is 3.79. The minimum absolute atomic E-state index is 0.00106. The predicted octanol–water partition coefficient (Wildman–Crippen LogP) is 1.64. The van der Waals surface area contributed by atoms with E-state index in [1.165, 1.54) is 16.5 Å². The normalized spacial score (nSPS) is 20.4. The zero-order valence-electron chi connectivity index (χ0n) is 17.2. The molecule has 2 N–H and O–H groups in total. The highest BCUT2D eigenvalue weighted by Crippen LogP contribution is 2.28. The molecule has 11 heteroatoms. The molecule has 1 aromatic carbocycles. The molecule has 32 heavy (non-hydrogen) atoms. The second-order valence-electron chi connectivity index (χ2n) is 8.19. The molecule has 2 aliphatic heterocycles. The van der Waals surface area contributed by atoms with Crippen LogP contribution in [0.4, 0.5) is 13.2 Å². The van der Waals surface area contributed by atoms with Gasteiger partial charge in [0, 0.05) is 43.9 Å². The van der Waals surface area contributed by atoms with E-state index in [1.54, 1.807) is 5.01 Å². The highest BCUT2D eigenvalue weighted by molar-refractivity contribution is 5.99. The monoisotopic (exact) mass is 450 g/mol. The number of nitrogens with zero attached hydrogens (tertiary/aromatic N) is 3. The van der Waals surface area contributed by atoms with Crippen molar-refractivity contribution in [3.63, 3.8) is 0 Å². The number of carbonyl (C=O) groups excluding carboxylic acids is 2. The van der Waals surface area contributed by atoms with Gasteiger partial charge in [0.05, 0.1) is 0 Å². The molecule has 3 heterocycles. The van der Waals surface area contributed by atoms with Crippen molar-refractivity contribution in [2.45, 2.75) is 32.0 Å². The third-order valence-electron chi connectivity index (χ3n) is 5.79. The van der Waals surface area contributed by atoms with Crippen molar-refractivity contribution >= 4 is 11.8 Å². The molecule has 2 aliphatic rings. The van der Waals surface area contributed by atoms with Crippen molar-refractivity contribution < 1.29 is 27.9 Å². The number of hydrogen-bond donors (Lipinski definition) is 2. The summed E-state index contributed by atoms with van der Waals surface area (Å²) in [6.45, 7) is 1.50. The number of aromatic nitrogens is 1. The number of fused-ring (bicyclic) bond motifs is 4. The molecule has 0 radical (unpaired) electrons. The van der Waals surface area contributed by atoms with E-state index in [4.69, 9.17) is 0 Å². The van der Waals surface area contributed by atoms with E-state index in [0.29, 0.717) is 6.07 Å². The molecular formula is C21H21F3N4O4.